The molecule has 2 aliphatic rings. The molecule has 2 fully saturated rings. The Morgan fingerprint density at radius 1 is 1.29 bits per heavy atom. The van der Waals surface area contributed by atoms with Gasteiger partial charge < -0.3 is 9.84 Å². The standard InChI is InChI=1S/C17H23NO3/c19-17(20)14-5-3-6-15(12-14)21-11-10-18-9-8-13-4-1-2-7-16(13)18/h3,5-6,12-13,16H,1-2,4,7-11H2,(H,19,20). The Labute approximate surface area is 125 Å². The minimum Gasteiger partial charge on any atom is -0.492 e. The van der Waals surface area contributed by atoms with Crippen LogP contribution in [-0.4, -0.2) is 41.7 Å². The quantitative estimate of drug-likeness (QED) is 0.905. The summed E-state index contributed by atoms with van der Waals surface area (Å²) in [5, 5.41) is 8.97. The van der Waals surface area contributed by atoms with E-state index in [4.69, 9.17) is 9.84 Å². The van der Waals surface area contributed by atoms with E-state index >= 15 is 0 Å². The van der Waals surface area contributed by atoms with Crippen LogP contribution < -0.4 is 4.74 Å². The Kier molecular flexibility index (Phi) is 4.44. The maximum absolute atomic E-state index is 10.9. The van der Waals surface area contributed by atoms with Gasteiger partial charge in [-0.2, -0.15) is 0 Å². The Hall–Kier alpha value is -1.55. The number of hydrogen-bond acceptors (Lipinski definition) is 3. The molecular formula is C17H23NO3. The molecule has 1 aliphatic heterocycles. The number of likely N-dealkylation sites (tertiary alicyclic amines) is 1. The number of fused-ring (bicyclic) bond motifs is 1. The van der Waals surface area contributed by atoms with Crippen molar-refractivity contribution in [3.05, 3.63) is 29.8 Å². The summed E-state index contributed by atoms with van der Waals surface area (Å²) in [5.41, 5.74) is 0.279. The first-order valence-electron chi connectivity index (χ1n) is 7.94. The lowest BCUT2D eigenvalue weighted by molar-refractivity contribution is 0.0696. The minimum absolute atomic E-state index is 0.279. The van der Waals surface area contributed by atoms with E-state index in [1.54, 1.807) is 18.2 Å². The van der Waals surface area contributed by atoms with E-state index in [-0.39, 0.29) is 5.56 Å². The number of rotatable bonds is 5. The number of nitrogens with zero attached hydrogens (tertiary/aromatic N) is 1. The Morgan fingerprint density at radius 2 is 2.14 bits per heavy atom. The van der Waals surface area contributed by atoms with Gasteiger partial charge in [0.05, 0.1) is 5.56 Å². The highest BCUT2D eigenvalue weighted by Gasteiger charge is 2.35. The zero-order valence-corrected chi connectivity index (χ0v) is 12.3. The van der Waals surface area contributed by atoms with Crippen molar-refractivity contribution < 1.29 is 14.6 Å². The first-order valence-corrected chi connectivity index (χ1v) is 7.94. The van der Waals surface area contributed by atoms with Gasteiger partial charge in [-0.25, -0.2) is 4.79 Å². The summed E-state index contributed by atoms with van der Waals surface area (Å²) in [4.78, 5) is 13.5. The fraction of sp³-hybridized carbons (Fsp3) is 0.588. The second-order valence-electron chi connectivity index (χ2n) is 6.12. The van der Waals surface area contributed by atoms with E-state index in [2.05, 4.69) is 4.90 Å². The van der Waals surface area contributed by atoms with Gasteiger partial charge >= 0.3 is 5.97 Å². The number of carbonyl (C=O) groups is 1. The molecule has 1 N–H and O–H groups in total. The Balaban J connectivity index is 1.50. The van der Waals surface area contributed by atoms with E-state index in [0.29, 0.717) is 12.4 Å². The van der Waals surface area contributed by atoms with Gasteiger partial charge in [0.15, 0.2) is 0 Å². The highest BCUT2D eigenvalue weighted by molar-refractivity contribution is 5.87. The molecule has 1 heterocycles. The summed E-state index contributed by atoms with van der Waals surface area (Å²) >= 11 is 0. The Morgan fingerprint density at radius 3 is 3.00 bits per heavy atom. The van der Waals surface area contributed by atoms with Crippen LogP contribution in [0.4, 0.5) is 0 Å². The minimum atomic E-state index is -0.912. The highest BCUT2D eigenvalue weighted by atomic mass is 16.5. The molecule has 1 saturated heterocycles. The van der Waals surface area contributed by atoms with Crippen molar-refractivity contribution in [1.82, 2.24) is 4.90 Å². The van der Waals surface area contributed by atoms with Crippen LogP contribution in [0.15, 0.2) is 24.3 Å². The lowest BCUT2D eigenvalue weighted by Gasteiger charge is -2.31. The van der Waals surface area contributed by atoms with E-state index in [9.17, 15) is 4.79 Å². The monoisotopic (exact) mass is 289 g/mol. The van der Waals surface area contributed by atoms with Crippen LogP contribution in [0.2, 0.25) is 0 Å². The fourth-order valence-electron chi connectivity index (χ4n) is 3.78. The molecule has 1 aliphatic carbocycles. The molecular weight excluding hydrogens is 266 g/mol. The summed E-state index contributed by atoms with van der Waals surface area (Å²) in [6.07, 6.45) is 6.81. The van der Waals surface area contributed by atoms with Crippen molar-refractivity contribution >= 4 is 5.97 Å². The molecule has 0 spiro atoms. The second-order valence-corrected chi connectivity index (χ2v) is 6.12. The van der Waals surface area contributed by atoms with Gasteiger partial charge in [-0.05, 0) is 49.9 Å². The molecule has 2 atom stereocenters. The molecule has 0 amide bonds. The van der Waals surface area contributed by atoms with Gasteiger partial charge in [-0.3, -0.25) is 4.90 Å². The number of hydrogen-bond donors (Lipinski definition) is 1. The van der Waals surface area contributed by atoms with E-state index in [1.165, 1.54) is 38.6 Å². The summed E-state index contributed by atoms with van der Waals surface area (Å²) in [6.45, 7) is 2.76. The number of aromatic carboxylic acids is 1. The summed E-state index contributed by atoms with van der Waals surface area (Å²) in [5.74, 6) is 0.633. The maximum atomic E-state index is 10.9. The molecule has 1 aromatic carbocycles. The topological polar surface area (TPSA) is 49.8 Å². The molecule has 0 aromatic heterocycles. The zero-order valence-electron chi connectivity index (χ0n) is 12.3. The molecule has 0 radical (unpaired) electrons. The largest absolute Gasteiger partial charge is 0.492 e. The van der Waals surface area contributed by atoms with E-state index < -0.39 is 5.97 Å². The molecule has 4 heteroatoms. The normalized spacial score (nSPS) is 25.5. The second kappa shape index (κ2) is 6.48. The third kappa shape index (κ3) is 3.38. The summed E-state index contributed by atoms with van der Waals surface area (Å²) in [7, 11) is 0. The van der Waals surface area contributed by atoms with Crippen molar-refractivity contribution in [3.63, 3.8) is 0 Å². The number of benzene rings is 1. The SMILES string of the molecule is O=C(O)c1cccc(OCCN2CCC3CCCCC32)c1. The van der Waals surface area contributed by atoms with Crippen LogP contribution in [0.25, 0.3) is 0 Å². The fourth-order valence-corrected chi connectivity index (χ4v) is 3.78. The van der Waals surface area contributed by atoms with Crippen molar-refractivity contribution in [2.24, 2.45) is 5.92 Å². The molecule has 4 nitrogen and oxygen atoms in total. The maximum Gasteiger partial charge on any atom is 0.335 e. The molecule has 2 unspecified atom stereocenters. The van der Waals surface area contributed by atoms with Crippen molar-refractivity contribution in [2.45, 2.75) is 38.1 Å². The molecule has 21 heavy (non-hydrogen) atoms. The van der Waals surface area contributed by atoms with Crippen LogP contribution in [0, 0.1) is 5.92 Å². The number of carboxylic acids is 1. The average molecular weight is 289 g/mol. The lowest BCUT2D eigenvalue weighted by atomic mass is 9.85. The van der Waals surface area contributed by atoms with Crippen molar-refractivity contribution in [3.8, 4) is 5.75 Å². The zero-order chi connectivity index (χ0) is 14.7. The smallest absolute Gasteiger partial charge is 0.335 e. The molecule has 114 valence electrons. The van der Waals surface area contributed by atoms with Gasteiger partial charge in [0, 0.05) is 12.6 Å². The van der Waals surface area contributed by atoms with Gasteiger partial charge in [-0.1, -0.05) is 18.9 Å². The first-order chi connectivity index (χ1) is 10.2. The summed E-state index contributed by atoms with van der Waals surface area (Å²) in [6, 6.07) is 7.48. The van der Waals surface area contributed by atoms with E-state index in [0.717, 1.165) is 18.5 Å². The van der Waals surface area contributed by atoms with Crippen LogP contribution in [0.5, 0.6) is 5.75 Å². The Bertz CT molecular complexity index is 503. The molecule has 1 saturated carbocycles. The average Bonchev–Trinajstić information content (AvgIpc) is 2.91. The van der Waals surface area contributed by atoms with Gasteiger partial charge in [0.1, 0.15) is 12.4 Å². The first kappa shape index (κ1) is 14.4. The number of carboxylic acid groups (broad SMARTS) is 1. The van der Waals surface area contributed by atoms with Gasteiger partial charge in [0.25, 0.3) is 0 Å². The third-order valence-electron chi connectivity index (χ3n) is 4.85. The van der Waals surface area contributed by atoms with Gasteiger partial charge in [0.2, 0.25) is 0 Å². The van der Waals surface area contributed by atoms with E-state index in [1.807, 2.05) is 6.07 Å². The van der Waals surface area contributed by atoms with Crippen molar-refractivity contribution in [2.75, 3.05) is 19.7 Å². The molecule has 0 bridgehead atoms. The van der Waals surface area contributed by atoms with Crippen LogP contribution >= 0.6 is 0 Å². The van der Waals surface area contributed by atoms with Crippen LogP contribution in [-0.2, 0) is 0 Å². The highest BCUT2D eigenvalue weighted by Crippen LogP contribution is 2.35. The summed E-state index contributed by atoms with van der Waals surface area (Å²) < 4.78 is 5.73. The predicted molar refractivity (Wildman–Crippen MR) is 80.8 cm³/mol. The van der Waals surface area contributed by atoms with Crippen molar-refractivity contribution in [1.29, 1.82) is 0 Å². The lowest BCUT2D eigenvalue weighted by Crippen LogP contribution is -2.37. The predicted octanol–water partition coefficient (Wildman–Crippen LogP) is 3.03. The number of ether oxygens (including phenoxy) is 1. The molecule has 3 rings (SSSR count). The third-order valence-corrected chi connectivity index (χ3v) is 4.85. The molecule has 1 aromatic rings. The van der Waals surface area contributed by atoms with Crippen LogP contribution in [0.1, 0.15) is 42.5 Å². The van der Waals surface area contributed by atoms with Gasteiger partial charge in [-0.15, -0.1) is 0 Å². The van der Waals surface area contributed by atoms with Crippen LogP contribution in [0.3, 0.4) is 0 Å².